The van der Waals surface area contributed by atoms with Gasteiger partial charge >= 0.3 is 53.8 Å². The fraction of sp³-hybridized carbons (Fsp3) is 0.667. The summed E-state index contributed by atoms with van der Waals surface area (Å²) in [5.41, 5.74) is -0.501. The third kappa shape index (κ3) is 8.41. The van der Waals surface area contributed by atoms with Gasteiger partial charge in [-0.15, -0.1) is 0 Å². The fourth-order valence-electron chi connectivity index (χ4n) is 5.27. The molecular weight excluding hydrogens is 796 g/mol. The summed E-state index contributed by atoms with van der Waals surface area (Å²) < 4.78 is 269. The standard InChI is InChI=1S/C30H28F20N4/c31-22(32,24(36,37)25(38,39)26(40,41)27(42,43)28(44,45)29(46,47)30(48,49)50)12-5-13-51-15-20-52-14-19(16-8-10-17(11-9-16)23(33,34)35)21(54-20)53-18-6-3-1-2-4-7-18/h8-11,14,18,51H,1-7,12-13,15H2,(H,52,53,54). The van der Waals surface area contributed by atoms with E-state index in [2.05, 4.69) is 20.6 Å². The van der Waals surface area contributed by atoms with Gasteiger partial charge in [-0.3, -0.25) is 0 Å². The lowest BCUT2D eigenvalue weighted by Gasteiger charge is -2.42. The van der Waals surface area contributed by atoms with E-state index in [1.165, 1.54) is 6.20 Å². The van der Waals surface area contributed by atoms with Gasteiger partial charge in [0, 0.05) is 24.2 Å². The number of hydrogen-bond acceptors (Lipinski definition) is 4. The highest BCUT2D eigenvalue weighted by Gasteiger charge is 2.95. The van der Waals surface area contributed by atoms with E-state index in [4.69, 9.17) is 0 Å². The minimum atomic E-state index is -8.68. The van der Waals surface area contributed by atoms with Gasteiger partial charge in [0.2, 0.25) is 0 Å². The summed E-state index contributed by atoms with van der Waals surface area (Å²) in [7, 11) is 0. The maximum absolute atomic E-state index is 14.2. The number of halogens is 20. The number of rotatable bonds is 15. The van der Waals surface area contributed by atoms with E-state index in [0.717, 1.165) is 49.9 Å². The van der Waals surface area contributed by atoms with Crippen molar-refractivity contribution in [3.8, 4) is 11.1 Å². The average molecular weight is 825 g/mol. The summed E-state index contributed by atoms with van der Waals surface area (Å²) in [5, 5.41) is 5.45. The summed E-state index contributed by atoms with van der Waals surface area (Å²) >= 11 is 0. The molecule has 1 aliphatic carbocycles. The molecule has 308 valence electrons. The first kappa shape index (κ1) is 45.1. The summed E-state index contributed by atoms with van der Waals surface area (Å²) in [4.78, 5) is 8.23. The molecule has 0 saturated heterocycles. The quantitative estimate of drug-likeness (QED) is 0.107. The molecule has 0 atom stereocenters. The van der Waals surface area contributed by atoms with Gasteiger partial charge < -0.3 is 10.6 Å². The molecule has 0 radical (unpaired) electrons. The van der Waals surface area contributed by atoms with Crippen LogP contribution in [0.2, 0.25) is 0 Å². The van der Waals surface area contributed by atoms with Crippen LogP contribution in [0.5, 0.6) is 0 Å². The number of hydrogen-bond donors (Lipinski definition) is 2. The van der Waals surface area contributed by atoms with E-state index in [1.807, 2.05) is 0 Å². The molecule has 1 aromatic heterocycles. The number of anilines is 1. The lowest BCUT2D eigenvalue weighted by molar-refractivity contribution is -0.461. The van der Waals surface area contributed by atoms with Crippen LogP contribution in [0.15, 0.2) is 30.5 Å². The van der Waals surface area contributed by atoms with Crippen LogP contribution in [-0.2, 0) is 12.7 Å². The van der Waals surface area contributed by atoms with Gasteiger partial charge in [0.05, 0.1) is 12.1 Å². The van der Waals surface area contributed by atoms with Crippen molar-refractivity contribution >= 4 is 5.82 Å². The zero-order valence-electron chi connectivity index (χ0n) is 27.0. The molecule has 0 amide bonds. The first-order valence-corrected chi connectivity index (χ1v) is 15.6. The molecule has 1 saturated carbocycles. The van der Waals surface area contributed by atoms with Crippen molar-refractivity contribution < 1.29 is 87.8 Å². The van der Waals surface area contributed by atoms with Crippen LogP contribution in [-0.4, -0.2) is 70.2 Å². The Bertz CT molecular complexity index is 1550. The van der Waals surface area contributed by atoms with Crippen molar-refractivity contribution in [2.75, 3.05) is 11.9 Å². The van der Waals surface area contributed by atoms with E-state index in [1.54, 1.807) is 0 Å². The Labute approximate surface area is 292 Å². The minimum absolute atomic E-state index is 0.109. The van der Waals surface area contributed by atoms with Crippen LogP contribution in [0.4, 0.5) is 93.6 Å². The Hall–Kier alpha value is -3.34. The van der Waals surface area contributed by atoms with Crippen molar-refractivity contribution in [3.05, 3.63) is 41.9 Å². The van der Waals surface area contributed by atoms with Crippen LogP contribution < -0.4 is 10.6 Å². The van der Waals surface area contributed by atoms with Crippen molar-refractivity contribution in [1.29, 1.82) is 0 Å². The SMILES string of the molecule is FC(F)(F)c1ccc(-c2cnc(CNCCCC(F)(F)C(F)(F)C(F)(F)C(F)(F)C(F)(F)C(F)(F)C(F)(F)C(F)(F)F)nc2NC2CCCCCC2)cc1. The van der Waals surface area contributed by atoms with Crippen LogP contribution in [0.1, 0.15) is 62.8 Å². The number of nitrogens with one attached hydrogen (secondary N) is 2. The second-order valence-corrected chi connectivity index (χ2v) is 12.4. The Kier molecular flexibility index (Phi) is 12.8. The molecule has 1 fully saturated rings. The third-order valence-electron chi connectivity index (χ3n) is 8.47. The fourth-order valence-corrected chi connectivity index (χ4v) is 5.27. The summed E-state index contributed by atoms with van der Waals surface area (Å²) in [5.74, 6) is -56.7. The van der Waals surface area contributed by atoms with Crippen LogP contribution in [0.3, 0.4) is 0 Å². The number of benzene rings is 1. The Morgan fingerprint density at radius 3 is 1.56 bits per heavy atom. The maximum atomic E-state index is 14.2. The van der Waals surface area contributed by atoms with Crippen molar-refractivity contribution in [2.45, 2.75) is 118 Å². The van der Waals surface area contributed by atoms with E-state index in [0.29, 0.717) is 12.8 Å². The molecule has 4 nitrogen and oxygen atoms in total. The normalized spacial score (nSPS) is 16.7. The number of aromatic nitrogens is 2. The highest BCUT2D eigenvalue weighted by molar-refractivity contribution is 5.74. The van der Waals surface area contributed by atoms with E-state index < -0.39 is 85.3 Å². The average Bonchev–Trinajstić information content (AvgIpc) is 3.32. The van der Waals surface area contributed by atoms with Crippen molar-refractivity contribution in [2.24, 2.45) is 0 Å². The summed E-state index contributed by atoms with van der Waals surface area (Å²) in [6.45, 7) is -1.41. The van der Waals surface area contributed by atoms with Gasteiger partial charge in [-0.1, -0.05) is 37.8 Å². The predicted octanol–water partition coefficient (Wildman–Crippen LogP) is 11.2. The molecule has 2 aromatic rings. The second-order valence-electron chi connectivity index (χ2n) is 12.4. The molecule has 3 rings (SSSR count). The molecule has 0 spiro atoms. The lowest BCUT2D eigenvalue weighted by Crippen LogP contribution is -2.74. The molecule has 1 heterocycles. The smallest absolute Gasteiger partial charge is 0.367 e. The Morgan fingerprint density at radius 1 is 0.593 bits per heavy atom. The summed E-state index contributed by atoms with van der Waals surface area (Å²) in [6, 6.07) is 3.71. The van der Waals surface area contributed by atoms with Crippen molar-refractivity contribution in [3.63, 3.8) is 0 Å². The third-order valence-corrected chi connectivity index (χ3v) is 8.47. The maximum Gasteiger partial charge on any atom is 0.460 e. The van der Waals surface area contributed by atoms with Gasteiger partial charge in [-0.25, -0.2) is 9.97 Å². The van der Waals surface area contributed by atoms with Crippen molar-refractivity contribution in [1.82, 2.24) is 15.3 Å². The van der Waals surface area contributed by atoms with Gasteiger partial charge in [-0.05, 0) is 43.5 Å². The second kappa shape index (κ2) is 15.3. The first-order valence-electron chi connectivity index (χ1n) is 15.6. The molecule has 0 aliphatic heterocycles. The Balaban J connectivity index is 1.75. The lowest BCUT2D eigenvalue weighted by atomic mass is 9.88. The van der Waals surface area contributed by atoms with Gasteiger partial charge in [0.15, 0.2) is 0 Å². The van der Waals surface area contributed by atoms with Crippen LogP contribution in [0.25, 0.3) is 11.1 Å². The van der Waals surface area contributed by atoms with E-state index >= 15 is 0 Å². The topological polar surface area (TPSA) is 49.8 Å². The van der Waals surface area contributed by atoms with Crippen LogP contribution in [0, 0.1) is 0 Å². The molecular formula is C30H28F20N4. The van der Waals surface area contributed by atoms with E-state index in [-0.39, 0.29) is 28.8 Å². The molecule has 1 aromatic carbocycles. The van der Waals surface area contributed by atoms with Crippen LogP contribution >= 0.6 is 0 Å². The predicted molar refractivity (Wildman–Crippen MR) is 149 cm³/mol. The Morgan fingerprint density at radius 2 is 1.07 bits per heavy atom. The molecule has 54 heavy (non-hydrogen) atoms. The largest absolute Gasteiger partial charge is 0.460 e. The van der Waals surface area contributed by atoms with Gasteiger partial charge in [0.1, 0.15) is 11.6 Å². The zero-order chi connectivity index (χ0) is 41.4. The molecule has 24 heteroatoms. The van der Waals surface area contributed by atoms with Gasteiger partial charge in [0.25, 0.3) is 0 Å². The molecule has 0 unspecified atom stereocenters. The summed E-state index contributed by atoms with van der Waals surface area (Å²) in [6.07, 6.45) is -10.4. The number of nitrogens with zero attached hydrogens (tertiary/aromatic N) is 2. The number of alkyl halides is 20. The van der Waals surface area contributed by atoms with Gasteiger partial charge in [-0.2, -0.15) is 87.8 Å². The minimum Gasteiger partial charge on any atom is -0.367 e. The van der Waals surface area contributed by atoms with E-state index in [9.17, 15) is 87.8 Å². The highest BCUT2D eigenvalue weighted by Crippen LogP contribution is 2.64. The molecule has 1 aliphatic rings. The first-order chi connectivity index (χ1) is 24.4. The highest BCUT2D eigenvalue weighted by atomic mass is 19.4. The molecule has 0 bridgehead atoms. The zero-order valence-corrected chi connectivity index (χ0v) is 27.0. The molecule has 2 N–H and O–H groups in total. The monoisotopic (exact) mass is 824 g/mol.